The van der Waals surface area contributed by atoms with E-state index in [0.29, 0.717) is 11.3 Å². The average Bonchev–Trinajstić information content (AvgIpc) is 4.05. The predicted octanol–water partition coefficient (Wildman–Crippen LogP) is 17.3. The first-order valence-corrected chi connectivity index (χ1v) is 23.3. The van der Waals surface area contributed by atoms with Crippen molar-refractivity contribution in [2.75, 3.05) is 0 Å². The summed E-state index contributed by atoms with van der Waals surface area (Å²) < 4.78 is 0. The van der Waals surface area contributed by atoms with Gasteiger partial charge in [0.05, 0.1) is 0 Å². The van der Waals surface area contributed by atoms with Crippen molar-refractivity contribution in [1.82, 2.24) is 0 Å². The van der Waals surface area contributed by atoms with Gasteiger partial charge >= 0.3 is 0 Å². The van der Waals surface area contributed by atoms with Gasteiger partial charge in [0.25, 0.3) is 0 Å². The molecule has 5 aliphatic carbocycles. The Labute approximate surface area is 364 Å². The maximum Gasteiger partial charge on any atom is 0.0106 e. The van der Waals surface area contributed by atoms with E-state index < -0.39 is 0 Å². The van der Waals surface area contributed by atoms with E-state index in [-0.39, 0.29) is 0 Å². The lowest BCUT2D eigenvalue weighted by molar-refractivity contribution is 0.579. The van der Waals surface area contributed by atoms with E-state index in [0.717, 1.165) is 5.92 Å². The first-order chi connectivity index (χ1) is 29.7. The maximum absolute atomic E-state index is 2.40. The molecule has 0 aromatic heterocycles. The fourth-order valence-corrected chi connectivity index (χ4v) is 8.99. The zero-order chi connectivity index (χ0) is 41.3. The molecule has 0 saturated heterocycles. The van der Waals surface area contributed by atoms with Crippen LogP contribution in [0, 0.1) is 0 Å². The van der Waals surface area contributed by atoms with Crippen LogP contribution in [0.3, 0.4) is 0 Å². The smallest absolute Gasteiger partial charge is 0.0106 e. The lowest BCUT2D eigenvalue weighted by atomic mass is 9.82. The van der Waals surface area contributed by atoms with Gasteiger partial charge in [-0.05, 0) is 142 Å². The number of benzene rings is 5. The lowest BCUT2D eigenvalue weighted by Crippen LogP contribution is -2.14. The number of hydrogen-bond acceptors (Lipinski definition) is 0. The van der Waals surface area contributed by atoms with Gasteiger partial charge < -0.3 is 0 Å². The molecule has 3 unspecified atom stereocenters. The van der Waals surface area contributed by atoms with Crippen molar-refractivity contribution in [3.8, 4) is 0 Å². The monoisotopic (exact) mass is 791 g/mol. The van der Waals surface area contributed by atoms with Crippen molar-refractivity contribution in [3.63, 3.8) is 0 Å². The van der Waals surface area contributed by atoms with Crippen LogP contribution < -0.4 is 0 Å². The maximum atomic E-state index is 2.40. The van der Waals surface area contributed by atoms with Crippen LogP contribution >= 0.6 is 0 Å². The highest BCUT2D eigenvalue weighted by Gasteiger charge is 2.25. The standard InChI is InChI=1S/5C12H14/c1-12(9-5-6-10-12)11-7-3-2-4-8-11;3*1-3-7-11(8-4-1)12-9-5-2-6-10-12;1-2-6-11(7-3-1)10-12-8-4-5-9-12/h2-5,7-9H,6,10H2,1H3;1,3-4,7-9H,2,5-6,10H2;1,3-5,7-9,12H,2,6,10H2;1-5,7-8,12H,6,9-10H2;1-3,6-8H,4-5,9-10H2. The average molecular weight is 791 g/mol. The summed E-state index contributed by atoms with van der Waals surface area (Å²) in [5, 5.41) is 0. The largest absolute Gasteiger partial charge is 0.0885 e. The SMILES string of the molecule is C1=C(Cc2ccccc2)CCC1.C1=C(c2ccccc2)CCCC1.C1=CC(c2ccccc2)CCC1.C1=CCC(c2ccccc2)CC1.CC1(c2ccccc2)C=CCC1. The molecular weight excluding hydrogens is 721 g/mol. The van der Waals surface area contributed by atoms with Crippen molar-refractivity contribution in [3.05, 3.63) is 234 Å². The van der Waals surface area contributed by atoms with Gasteiger partial charge in [0.2, 0.25) is 0 Å². The molecule has 60 heavy (non-hydrogen) atoms. The summed E-state index contributed by atoms with van der Waals surface area (Å²) in [6, 6.07) is 53.8. The molecular formula is C60H70. The Balaban J connectivity index is 0.000000126. The zero-order valence-corrected chi connectivity index (χ0v) is 36.5. The van der Waals surface area contributed by atoms with Gasteiger partial charge in [-0.2, -0.15) is 0 Å². The molecule has 3 atom stereocenters. The zero-order valence-electron chi connectivity index (χ0n) is 36.5. The van der Waals surface area contributed by atoms with Crippen LogP contribution in [0.25, 0.3) is 5.57 Å². The van der Waals surface area contributed by atoms with Gasteiger partial charge in [0, 0.05) is 11.3 Å². The first-order valence-electron chi connectivity index (χ1n) is 23.3. The summed E-state index contributed by atoms with van der Waals surface area (Å²) in [7, 11) is 0. The molecule has 0 aliphatic heterocycles. The molecule has 0 N–H and O–H groups in total. The Kier molecular flexibility index (Phi) is 18.8. The highest BCUT2D eigenvalue weighted by molar-refractivity contribution is 5.65. The van der Waals surface area contributed by atoms with Gasteiger partial charge in [-0.1, -0.05) is 213 Å². The second-order valence-corrected chi connectivity index (χ2v) is 17.3. The van der Waals surface area contributed by atoms with Crippen LogP contribution in [-0.4, -0.2) is 0 Å². The molecule has 0 heterocycles. The van der Waals surface area contributed by atoms with Crippen molar-refractivity contribution in [2.24, 2.45) is 0 Å². The highest BCUT2D eigenvalue weighted by Crippen LogP contribution is 2.35. The minimum atomic E-state index is 0.307. The van der Waals surface area contributed by atoms with Crippen molar-refractivity contribution < 1.29 is 0 Å². The Morgan fingerprint density at radius 2 is 1.15 bits per heavy atom. The van der Waals surface area contributed by atoms with E-state index in [9.17, 15) is 0 Å². The molecule has 0 bridgehead atoms. The van der Waals surface area contributed by atoms with E-state index in [2.05, 4.69) is 207 Å². The van der Waals surface area contributed by atoms with E-state index in [1.54, 1.807) is 11.1 Å². The highest BCUT2D eigenvalue weighted by atomic mass is 14.3. The third-order valence-corrected chi connectivity index (χ3v) is 12.6. The Morgan fingerprint density at radius 1 is 0.500 bits per heavy atom. The molecule has 5 aromatic rings. The summed E-state index contributed by atoms with van der Waals surface area (Å²) in [5.74, 6) is 1.45. The third-order valence-electron chi connectivity index (χ3n) is 12.6. The topological polar surface area (TPSA) is 0 Å². The summed E-state index contributed by atoms with van der Waals surface area (Å²) >= 11 is 0. The van der Waals surface area contributed by atoms with Gasteiger partial charge in [-0.3, -0.25) is 0 Å². The van der Waals surface area contributed by atoms with E-state index in [4.69, 9.17) is 0 Å². The molecule has 0 spiro atoms. The molecule has 0 heteroatoms. The first kappa shape index (κ1) is 44.4. The predicted molar refractivity (Wildman–Crippen MR) is 261 cm³/mol. The normalized spacial score (nSPS) is 21.2. The molecule has 5 aliphatic rings. The Morgan fingerprint density at radius 3 is 1.72 bits per heavy atom. The molecule has 10 rings (SSSR count). The fraction of sp³-hybridized carbons (Fsp3) is 0.333. The van der Waals surface area contributed by atoms with Crippen LogP contribution in [0.4, 0.5) is 0 Å². The molecule has 0 saturated carbocycles. The van der Waals surface area contributed by atoms with E-state index in [1.165, 1.54) is 131 Å². The Bertz CT molecular complexity index is 2050. The van der Waals surface area contributed by atoms with Crippen LogP contribution in [0.15, 0.2) is 206 Å². The van der Waals surface area contributed by atoms with Gasteiger partial charge in [-0.15, -0.1) is 0 Å². The van der Waals surface area contributed by atoms with Crippen LogP contribution in [0.1, 0.15) is 143 Å². The van der Waals surface area contributed by atoms with Crippen molar-refractivity contribution in [2.45, 2.75) is 127 Å². The Hall–Kier alpha value is -5.20. The summed E-state index contributed by atoms with van der Waals surface area (Å²) in [6.45, 7) is 2.31. The number of hydrogen-bond donors (Lipinski definition) is 0. The van der Waals surface area contributed by atoms with Gasteiger partial charge in [0.1, 0.15) is 0 Å². The van der Waals surface area contributed by atoms with Crippen LogP contribution in [-0.2, 0) is 11.8 Å². The quantitative estimate of drug-likeness (QED) is 0.150. The second-order valence-electron chi connectivity index (χ2n) is 17.3. The van der Waals surface area contributed by atoms with Crippen molar-refractivity contribution in [1.29, 1.82) is 0 Å². The third kappa shape index (κ3) is 15.1. The van der Waals surface area contributed by atoms with Crippen molar-refractivity contribution >= 4 is 5.57 Å². The minimum Gasteiger partial charge on any atom is -0.0885 e. The van der Waals surface area contributed by atoms with Gasteiger partial charge in [-0.25, -0.2) is 0 Å². The molecule has 0 nitrogen and oxygen atoms in total. The number of rotatable bonds is 6. The summed E-state index contributed by atoms with van der Waals surface area (Å²) in [4.78, 5) is 0. The molecule has 0 fully saturated rings. The van der Waals surface area contributed by atoms with Crippen LogP contribution in [0.5, 0.6) is 0 Å². The minimum absolute atomic E-state index is 0.307. The fourth-order valence-electron chi connectivity index (χ4n) is 8.99. The molecule has 5 aromatic carbocycles. The van der Waals surface area contributed by atoms with E-state index in [1.807, 2.05) is 0 Å². The van der Waals surface area contributed by atoms with E-state index >= 15 is 0 Å². The molecule has 0 radical (unpaired) electrons. The molecule has 0 amide bonds. The summed E-state index contributed by atoms with van der Waals surface area (Å²) in [6.07, 6.45) is 39.3. The second kappa shape index (κ2) is 25.4. The summed E-state index contributed by atoms with van der Waals surface area (Å²) in [5.41, 5.74) is 10.8. The van der Waals surface area contributed by atoms with Crippen LogP contribution in [0.2, 0.25) is 0 Å². The molecule has 310 valence electrons. The lowest BCUT2D eigenvalue weighted by Gasteiger charge is -2.21. The van der Waals surface area contributed by atoms with Gasteiger partial charge in [0.15, 0.2) is 0 Å². The number of allylic oxidation sites excluding steroid dienone is 10.